The molecule has 1 aliphatic carbocycles. The highest BCUT2D eigenvalue weighted by atomic mass is 127. The van der Waals surface area contributed by atoms with Gasteiger partial charge in [0.1, 0.15) is 0 Å². The van der Waals surface area contributed by atoms with Gasteiger partial charge in [-0.2, -0.15) is 0 Å². The molecule has 0 heterocycles. The van der Waals surface area contributed by atoms with Crippen LogP contribution < -0.4 is 5.32 Å². The smallest absolute Gasteiger partial charge is 0.194 e. The fourth-order valence-electron chi connectivity index (χ4n) is 2.59. The van der Waals surface area contributed by atoms with Crippen molar-refractivity contribution in [1.82, 2.24) is 15.1 Å². The lowest BCUT2D eigenvalue weighted by molar-refractivity contribution is 0.115. The van der Waals surface area contributed by atoms with Crippen molar-refractivity contribution < 1.29 is 4.74 Å². The minimum absolute atomic E-state index is 0. The number of hydrogen-bond donors (Lipinski definition) is 1. The van der Waals surface area contributed by atoms with Gasteiger partial charge in [0.2, 0.25) is 0 Å². The molecule has 0 atom stereocenters. The van der Waals surface area contributed by atoms with Crippen molar-refractivity contribution in [1.29, 1.82) is 0 Å². The molecule has 1 N–H and O–H groups in total. The van der Waals surface area contributed by atoms with Crippen LogP contribution in [0.4, 0.5) is 0 Å². The van der Waals surface area contributed by atoms with E-state index in [0.29, 0.717) is 6.54 Å². The molecular weight excluding hydrogens is 439 g/mol. The van der Waals surface area contributed by atoms with Crippen LogP contribution in [-0.2, 0) is 17.8 Å². The van der Waals surface area contributed by atoms with E-state index in [2.05, 4.69) is 67.4 Å². The van der Waals surface area contributed by atoms with Gasteiger partial charge in [0.15, 0.2) is 5.96 Å². The molecular formula is C20H35IN4O. The van der Waals surface area contributed by atoms with Gasteiger partial charge in [-0.3, -0.25) is 0 Å². The predicted molar refractivity (Wildman–Crippen MR) is 120 cm³/mol. The third-order valence-corrected chi connectivity index (χ3v) is 4.25. The van der Waals surface area contributed by atoms with Crippen LogP contribution in [0.25, 0.3) is 0 Å². The van der Waals surface area contributed by atoms with Crippen molar-refractivity contribution in [2.75, 3.05) is 47.4 Å². The summed E-state index contributed by atoms with van der Waals surface area (Å²) >= 11 is 0. The molecule has 1 fully saturated rings. The second-order valence-corrected chi connectivity index (χ2v) is 7.16. The first kappa shape index (κ1) is 23.2. The summed E-state index contributed by atoms with van der Waals surface area (Å²) in [5.41, 5.74) is 2.56. The number of hydrogen-bond acceptors (Lipinski definition) is 3. The number of halogens is 1. The zero-order valence-corrected chi connectivity index (χ0v) is 19.0. The van der Waals surface area contributed by atoms with Gasteiger partial charge >= 0.3 is 0 Å². The Balaban J connectivity index is 0.00000338. The first-order valence-electron chi connectivity index (χ1n) is 9.38. The van der Waals surface area contributed by atoms with Gasteiger partial charge in [-0.05, 0) is 50.9 Å². The highest BCUT2D eigenvalue weighted by molar-refractivity contribution is 14.0. The highest BCUT2D eigenvalue weighted by Gasteiger charge is 2.21. The summed E-state index contributed by atoms with van der Waals surface area (Å²) in [6, 6.07) is 8.72. The Bertz CT molecular complexity index is 529. The molecule has 0 unspecified atom stereocenters. The Morgan fingerprint density at radius 2 is 1.81 bits per heavy atom. The fraction of sp³-hybridized carbons (Fsp3) is 0.650. The molecule has 0 aliphatic heterocycles. The maximum Gasteiger partial charge on any atom is 0.194 e. The quantitative estimate of drug-likeness (QED) is 0.245. The van der Waals surface area contributed by atoms with E-state index < -0.39 is 0 Å². The number of likely N-dealkylation sites (N-methyl/N-ethyl adjacent to an activating group) is 1. The maximum absolute atomic E-state index is 5.74. The van der Waals surface area contributed by atoms with Crippen molar-refractivity contribution >= 4 is 29.9 Å². The van der Waals surface area contributed by atoms with E-state index in [1.54, 1.807) is 0 Å². The molecule has 1 aromatic carbocycles. The Hall–Kier alpha value is -0.860. The molecule has 1 aromatic rings. The molecule has 5 nitrogen and oxygen atoms in total. The molecule has 0 saturated heterocycles. The minimum Gasteiger partial charge on any atom is -0.379 e. The molecule has 0 amide bonds. The standard InChI is InChI=1S/C20H34N4O.HI/c1-5-21-20(24(4)12-13-25-16-19-10-11-19)22-14-17-6-8-18(9-7-17)15-23(2)3;/h6-9,19H,5,10-16H2,1-4H3,(H,21,22);1H. The number of aliphatic imine (C=N–C) groups is 1. The molecule has 6 heteroatoms. The van der Waals surface area contributed by atoms with Gasteiger partial charge in [-0.1, -0.05) is 24.3 Å². The van der Waals surface area contributed by atoms with Gasteiger partial charge < -0.3 is 19.9 Å². The second kappa shape index (κ2) is 12.5. The van der Waals surface area contributed by atoms with Crippen LogP contribution in [0.1, 0.15) is 30.9 Å². The van der Waals surface area contributed by atoms with Crippen LogP contribution in [0, 0.1) is 5.92 Å². The van der Waals surface area contributed by atoms with Crippen LogP contribution in [0.2, 0.25) is 0 Å². The summed E-state index contributed by atoms with van der Waals surface area (Å²) in [5, 5.41) is 3.37. The molecule has 0 aromatic heterocycles. The van der Waals surface area contributed by atoms with Crippen LogP contribution in [0.15, 0.2) is 29.3 Å². The van der Waals surface area contributed by atoms with Crippen LogP contribution in [0.3, 0.4) is 0 Å². The largest absolute Gasteiger partial charge is 0.379 e. The normalized spacial score (nSPS) is 14.3. The summed E-state index contributed by atoms with van der Waals surface area (Å²) in [6.07, 6.45) is 2.68. The lowest BCUT2D eigenvalue weighted by Crippen LogP contribution is -2.40. The van der Waals surface area contributed by atoms with Crippen molar-refractivity contribution in [3.8, 4) is 0 Å². The topological polar surface area (TPSA) is 40.1 Å². The number of nitrogens with one attached hydrogen (secondary N) is 1. The van der Waals surface area contributed by atoms with Crippen LogP contribution >= 0.6 is 24.0 Å². The summed E-state index contributed by atoms with van der Waals surface area (Å²) < 4.78 is 5.74. The molecule has 0 bridgehead atoms. The van der Waals surface area contributed by atoms with Gasteiger partial charge in [0, 0.05) is 33.3 Å². The van der Waals surface area contributed by atoms with Crippen LogP contribution in [0.5, 0.6) is 0 Å². The van der Waals surface area contributed by atoms with E-state index in [9.17, 15) is 0 Å². The van der Waals surface area contributed by atoms with Crippen molar-refractivity contribution in [2.45, 2.75) is 32.9 Å². The Morgan fingerprint density at radius 1 is 1.15 bits per heavy atom. The Labute approximate surface area is 176 Å². The molecule has 1 aliphatic rings. The second-order valence-electron chi connectivity index (χ2n) is 7.16. The SMILES string of the molecule is CCNC(=NCc1ccc(CN(C)C)cc1)N(C)CCOCC1CC1.I. The monoisotopic (exact) mass is 474 g/mol. The average molecular weight is 474 g/mol. The van der Waals surface area contributed by atoms with E-state index >= 15 is 0 Å². The lowest BCUT2D eigenvalue weighted by Gasteiger charge is -2.22. The summed E-state index contributed by atoms with van der Waals surface area (Å²) in [4.78, 5) is 9.09. The van der Waals surface area contributed by atoms with E-state index in [1.165, 1.54) is 24.0 Å². The molecule has 0 radical (unpaired) electrons. The first-order chi connectivity index (χ1) is 12.1. The molecule has 26 heavy (non-hydrogen) atoms. The van der Waals surface area contributed by atoms with E-state index in [1.807, 2.05) is 0 Å². The molecule has 148 valence electrons. The van der Waals surface area contributed by atoms with Gasteiger partial charge in [-0.15, -0.1) is 24.0 Å². The minimum atomic E-state index is 0. The van der Waals surface area contributed by atoms with E-state index in [4.69, 9.17) is 9.73 Å². The van der Waals surface area contributed by atoms with E-state index in [-0.39, 0.29) is 24.0 Å². The third-order valence-electron chi connectivity index (χ3n) is 4.25. The zero-order valence-electron chi connectivity index (χ0n) is 16.7. The average Bonchev–Trinajstić information content (AvgIpc) is 3.40. The van der Waals surface area contributed by atoms with Gasteiger partial charge in [0.25, 0.3) is 0 Å². The maximum atomic E-state index is 5.74. The summed E-state index contributed by atoms with van der Waals surface area (Å²) in [7, 11) is 6.25. The molecule has 1 saturated carbocycles. The summed E-state index contributed by atoms with van der Waals surface area (Å²) in [5.74, 6) is 1.76. The molecule has 0 spiro atoms. The predicted octanol–water partition coefficient (Wildman–Crippen LogP) is 3.19. The molecule has 2 rings (SSSR count). The number of rotatable bonds is 10. The van der Waals surface area contributed by atoms with Gasteiger partial charge in [-0.25, -0.2) is 4.99 Å². The number of benzene rings is 1. The first-order valence-corrected chi connectivity index (χ1v) is 9.38. The van der Waals surface area contributed by atoms with Crippen LogP contribution in [-0.4, -0.2) is 63.2 Å². The van der Waals surface area contributed by atoms with E-state index in [0.717, 1.165) is 44.7 Å². The third kappa shape index (κ3) is 9.19. The number of guanidine groups is 1. The zero-order chi connectivity index (χ0) is 18.1. The highest BCUT2D eigenvalue weighted by Crippen LogP contribution is 2.28. The Morgan fingerprint density at radius 3 is 2.38 bits per heavy atom. The Kier molecular flexibility index (Phi) is 11.2. The van der Waals surface area contributed by atoms with Gasteiger partial charge in [0.05, 0.1) is 13.2 Å². The van der Waals surface area contributed by atoms with Crippen molar-refractivity contribution in [2.24, 2.45) is 10.9 Å². The van der Waals surface area contributed by atoms with Crippen molar-refractivity contribution in [3.63, 3.8) is 0 Å². The number of ether oxygens (including phenoxy) is 1. The van der Waals surface area contributed by atoms with Crippen molar-refractivity contribution in [3.05, 3.63) is 35.4 Å². The number of nitrogens with zero attached hydrogens (tertiary/aromatic N) is 3. The lowest BCUT2D eigenvalue weighted by atomic mass is 10.1. The summed E-state index contributed by atoms with van der Waals surface area (Å²) in [6.45, 7) is 7.17. The fourth-order valence-corrected chi connectivity index (χ4v) is 2.59.